The molecular formula is C9H15NOS. The monoisotopic (exact) mass is 185 g/mol. The van der Waals surface area contributed by atoms with Gasteiger partial charge in [0.1, 0.15) is 0 Å². The van der Waals surface area contributed by atoms with E-state index in [9.17, 15) is 0 Å². The molecule has 0 unspecified atom stereocenters. The predicted molar refractivity (Wildman–Crippen MR) is 53.2 cm³/mol. The van der Waals surface area contributed by atoms with E-state index >= 15 is 0 Å². The average molecular weight is 185 g/mol. The minimum absolute atomic E-state index is 0.183. The molecule has 0 atom stereocenters. The van der Waals surface area contributed by atoms with Crippen molar-refractivity contribution < 1.29 is 5.11 Å². The van der Waals surface area contributed by atoms with Gasteiger partial charge in [0.05, 0.1) is 13.2 Å². The third-order valence-corrected chi connectivity index (χ3v) is 2.71. The zero-order valence-electron chi connectivity index (χ0n) is 7.25. The molecule has 2 nitrogen and oxygen atoms in total. The van der Waals surface area contributed by atoms with Crippen LogP contribution in [0.15, 0.2) is 0 Å². The Balaban J connectivity index is 2.09. The molecule has 12 heavy (non-hydrogen) atoms. The SMILES string of the molecule is OCCC#CCN1CCSCC1. The first-order valence-corrected chi connectivity index (χ1v) is 5.45. The molecule has 0 spiro atoms. The van der Waals surface area contributed by atoms with Gasteiger partial charge in [-0.15, -0.1) is 0 Å². The summed E-state index contributed by atoms with van der Waals surface area (Å²) in [6.45, 7) is 3.39. The minimum atomic E-state index is 0.183. The van der Waals surface area contributed by atoms with E-state index in [4.69, 9.17) is 5.11 Å². The summed E-state index contributed by atoms with van der Waals surface area (Å²) in [7, 11) is 0. The summed E-state index contributed by atoms with van der Waals surface area (Å²) in [5, 5.41) is 8.48. The Bertz CT molecular complexity index is 167. The highest BCUT2D eigenvalue weighted by Crippen LogP contribution is 2.07. The second kappa shape index (κ2) is 6.36. The Kier molecular flexibility index (Phi) is 5.25. The molecule has 68 valence electrons. The lowest BCUT2D eigenvalue weighted by atomic mass is 10.4. The molecule has 3 heteroatoms. The summed E-state index contributed by atoms with van der Waals surface area (Å²) in [5.74, 6) is 8.47. The molecule has 1 aliphatic rings. The fourth-order valence-corrected chi connectivity index (χ4v) is 2.05. The maximum atomic E-state index is 8.48. The summed E-state index contributed by atoms with van der Waals surface area (Å²) < 4.78 is 0. The molecule has 0 aliphatic carbocycles. The van der Waals surface area contributed by atoms with Crippen LogP contribution in [0.3, 0.4) is 0 Å². The molecule has 0 saturated carbocycles. The highest BCUT2D eigenvalue weighted by Gasteiger charge is 2.07. The summed E-state index contributed by atoms with van der Waals surface area (Å²) in [4.78, 5) is 2.36. The van der Waals surface area contributed by atoms with Crippen molar-refractivity contribution in [1.82, 2.24) is 4.90 Å². The number of thioether (sulfide) groups is 1. The lowest BCUT2D eigenvalue weighted by molar-refractivity contribution is 0.304. The fraction of sp³-hybridized carbons (Fsp3) is 0.778. The Hall–Kier alpha value is -0.170. The smallest absolute Gasteiger partial charge is 0.0602 e. The number of hydrogen-bond donors (Lipinski definition) is 1. The predicted octanol–water partition coefficient (Wildman–Crippen LogP) is 0.421. The molecule has 0 aromatic carbocycles. The average Bonchev–Trinajstić information content (AvgIpc) is 2.14. The van der Waals surface area contributed by atoms with Crippen molar-refractivity contribution in [3.05, 3.63) is 0 Å². The van der Waals surface area contributed by atoms with Gasteiger partial charge in [-0.3, -0.25) is 4.90 Å². The lowest BCUT2D eigenvalue weighted by Gasteiger charge is -2.23. The van der Waals surface area contributed by atoms with Crippen molar-refractivity contribution in [2.45, 2.75) is 6.42 Å². The van der Waals surface area contributed by atoms with Crippen molar-refractivity contribution in [3.8, 4) is 11.8 Å². The van der Waals surface area contributed by atoms with Crippen molar-refractivity contribution >= 4 is 11.8 Å². The largest absolute Gasteiger partial charge is 0.395 e. The van der Waals surface area contributed by atoms with Gasteiger partial charge < -0.3 is 5.11 Å². The van der Waals surface area contributed by atoms with E-state index in [0.717, 1.165) is 6.54 Å². The van der Waals surface area contributed by atoms with Crippen molar-refractivity contribution in [2.24, 2.45) is 0 Å². The van der Waals surface area contributed by atoms with Crippen LogP contribution >= 0.6 is 11.8 Å². The van der Waals surface area contributed by atoms with Crippen LogP contribution in [0.2, 0.25) is 0 Å². The Morgan fingerprint density at radius 3 is 2.67 bits per heavy atom. The number of aliphatic hydroxyl groups excluding tert-OH is 1. The van der Waals surface area contributed by atoms with Crippen LogP contribution < -0.4 is 0 Å². The third kappa shape index (κ3) is 4.01. The zero-order chi connectivity index (χ0) is 8.65. The van der Waals surface area contributed by atoms with Gasteiger partial charge in [0.2, 0.25) is 0 Å². The molecule has 0 radical (unpaired) electrons. The van der Waals surface area contributed by atoms with E-state index < -0.39 is 0 Å². The Morgan fingerprint density at radius 1 is 1.25 bits per heavy atom. The molecular weight excluding hydrogens is 170 g/mol. The fourth-order valence-electron chi connectivity index (χ4n) is 1.07. The highest BCUT2D eigenvalue weighted by atomic mass is 32.2. The van der Waals surface area contributed by atoms with Crippen molar-refractivity contribution in [2.75, 3.05) is 37.7 Å². The van der Waals surface area contributed by atoms with Crippen molar-refractivity contribution in [3.63, 3.8) is 0 Å². The first kappa shape index (κ1) is 9.91. The number of aliphatic hydroxyl groups is 1. The van der Waals surface area contributed by atoms with Crippen LogP contribution in [0.5, 0.6) is 0 Å². The zero-order valence-corrected chi connectivity index (χ0v) is 8.07. The molecule has 1 N–H and O–H groups in total. The molecule has 0 aromatic rings. The standard InChI is InChI=1S/C9H15NOS/c11-7-3-1-2-4-10-5-8-12-9-6-10/h11H,3-9H2. The number of nitrogens with zero attached hydrogens (tertiary/aromatic N) is 1. The van der Waals surface area contributed by atoms with Gasteiger partial charge in [-0.2, -0.15) is 11.8 Å². The van der Waals surface area contributed by atoms with Crippen LogP contribution in [0, 0.1) is 11.8 Å². The molecule has 1 aliphatic heterocycles. The number of rotatable bonds is 2. The van der Waals surface area contributed by atoms with Gasteiger partial charge >= 0.3 is 0 Å². The summed E-state index contributed by atoms with van der Waals surface area (Å²) in [6.07, 6.45) is 0.614. The molecule has 1 heterocycles. The second-order valence-electron chi connectivity index (χ2n) is 2.72. The first-order chi connectivity index (χ1) is 5.93. The van der Waals surface area contributed by atoms with Gasteiger partial charge in [-0.25, -0.2) is 0 Å². The van der Waals surface area contributed by atoms with Crippen LogP contribution in [0.25, 0.3) is 0 Å². The van der Waals surface area contributed by atoms with Gasteiger partial charge in [-0.1, -0.05) is 11.8 Å². The Labute approximate surface area is 78.3 Å². The van der Waals surface area contributed by atoms with E-state index in [0.29, 0.717) is 6.42 Å². The van der Waals surface area contributed by atoms with Crippen molar-refractivity contribution in [1.29, 1.82) is 0 Å². The minimum Gasteiger partial charge on any atom is -0.395 e. The van der Waals surface area contributed by atoms with E-state index in [1.54, 1.807) is 0 Å². The van der Waals surface area contributed by atoms with Gasteiger partial charge in [-0.05, 0) is 0 Å². The van der Waals surface area contributed by atoms with Crippen LogP contribution in [-0.2, 0) is 0 Å². The summed E-state index contributed by atoms with van der Waals surface area (Å²) >= 11 is 2.01. The second-order valence-corrected chi connectivity index (χ2v) is 3.94. The maximum Gasteiger partial charge on any atom is 0.0602 e. The number of hydrogen-bond acceptors (Lipinski definition) is 3. The Morgan fingerprint density at radius 2 is 2.00 bits per heavy atom. The maximum absolute atomic E-state index is 8.48. The van der Waals surface area contributed by atoms with Gasteiger partial charge in [0, 0.05) is 31.0 Å². The topological polar surface area (TPSA) is 23.5 Å². The van der Waals surface area contributed by atoms with Gasteiger partial charge in [0.15, 0.2) is 0 Å². The summed E-state index contributed by atoms with van der Waals surface area (Å²) in [5.41, 5.74) is 0. The van der Waals surface area contributed by atoms with Crippen LogP contribution in [-0.4, -0.2) is 47.8 Å². The molecule has 1 rings (SSSR count). The molecule has 0 amide bonds. The third-order valence-electron chi connectivity index (χ3n) is 1.77. The highest BCUT2D eigenvalue weighted by molar-refractivity contribution is 7.99. The molecule has 0 aromatic heterocycles. The molecule has 1 saturated heterocycles. The lowest BCUT2D eigenvalue weighted by Crippen LogP contribution is -2.32. The quantitative estimate of drug-likeness (QED) is 0.631. The van der Waals surface area contributed by atoms with Crippen LogP contribution in [0.1, 0.15) is 6.42 Å². The molecule has 0 bridgehead atoms. The normalized spacial score (nSPS) is 18.4. The first-order valence-electron chi connectivity index (χ1n) is 4.30. The van der Waals surface area contributed by atoms with E-state index in [1.807, 2.05) is 11.8 Å². The van der Waals surface area contributed by atoms with Crippen LogP contribution in [0.4, 0.5) is 0 Å². The summed E-state index contributed by atoms with van der Waals surface area (Å²) in [6, 6.07) is 0. The molecule has 1 fully saturated rings. The van der Waals surface area contributed by atoms with E-state index in [2.05, 4.69) is 16.7 Å². The van der Waals surface area contributed by atoms with E-state index in [1.165, 1.54) is 24.6 Å². The van der Waals surface area contributed by atoms with Gasteiger partial charge in [0.25, 0.3) is 0 Å². The van der Waals surface area contributed by atoms with E-state index in [-0.39, 0.29) is 6.61 Å².